The minimum atomic E-state index is -0.456. The van der Waals surface area contributed by atoms with Crippen LogP contribution in [-0.4, -0.2) is 22.8 Å². The molecular weight excluding hydrogens is 375 g/mol. The SMILES string of the molecule is CC(c1cccc([N+](=O)[O-])c1)N(C)C(=O)CCc1ccc(-c2ccccc2F)o1. The predicted molar refractivity (Wildman–Crippen MR) is 107 cm³/mol. The van der Waals surface area contributed by atoms with Crippen molar-refractivity contribution in [2.24, 2.45) is 0 Å². The number of halogens is 1. The van der Waals surface area contributed by atoms with Crippen LogP contribution in [0, 0.1) is 15.9 Å². The second kappa shape index (κ2) is 8.68. The lowest BCUT2D eigenvalue weighted by atomic mass is 10.1. The number of nitro groups is 1. The van der Waals surface area contributed by atoms with Crippen LogP contribution >= 0.6 is 0 Å². The Bertz CT molecular complexity index is 1030. The summed E-state index contributed by atoms with van der Waals surface area (Å²) in [5.74, 6) is 0.528. The molecule has 150 valence electrons. The molecule has 0 saturated heterocycles. The van der Waals surface area contributed by atoms with Gasteiger partial charge in [-0.2, -0.15) is 0 Å². The molecule has 1 heterocycles. The number of carbonyl (C=O) groups is 1. The van der Waals surface area contributed by atoms with E-state index in [-0.39, 0.29) is 29.9 Å². The van der Waals surface area contributed by atoms with Crippen LogP contribution in [0.3, 0.4) is 0 Å². The maximum Gasteiger partial charge on any atom is 0.269 e. The van der Waals surface area contributed by atoms with Crippen LogP contribution in [0.4, 0.5) is 10.1 Å². The van der Waals surface area contributed by atoms with Gasteiger partial charge in [-0.3, -0.25) is 14.9 Å². The number of amides is 1. The molecule has 3 aromatic rings. The summed E-state index contributed by atoms with van der Waals surface area (Å²) < 4.78 is 19.6. The highest BCUT2D eigenvalue weighted by molar-refractivity contribution is 5.76. The van der Waals surface area contributed by atoms with Gasteiger partial charge in [-0.1, -0.05) is 24.3 Å². The number of benzene rings is 2. The van der Waals surface area contributed by atoms with Gasteiger partial charge in [0.15, 0.2) is 0 Å². The first-order chi connectivity index (χ1) is 13.9. The van der Waals surface area contributed by atoms with Crippen molar-refractivity contribution < 1.29 is 18.5 Å². The lowest BCUT2D eigenvalue weighted by Gasteiger charge is -2.25. The summed E-state index contributed by atoms with van der Waals surface area (Å²) in [4.78, 5) is 24.6. The topological polar surface area (TPSA) is 76.6 Å². The lowest BCUT2D eigenvalue weighted by molar-refractivity contribution is -0.384. The molecule has 1 aromatic heterocycles. The van der Waals surface area contributed by atoms with Crippen molar-refractivity contribution in [3.63, 3.8) is 0 Å². The van der Waals surface area contributed by atoms with Gasteiger partial charge in [0.2, 0.25) is 5.91 Å². The third-order valence-corrected chi connectivity index (χ3v) is 4.92. The summed E-state index contributed by atoms with van der Waals surface area (Å²) >= 11 is 0. The molecule has 0 aliphatic carbocycles. The summed E-state index contributed by atoms with van der Waals surface area (Å²) in [5.41, 5.74) is 1.06. The van der Waals surface area contributed by atoms with Gasteiger partial charge in [0, 0.05) is 32.0 Å². The number of hydrogen-bond acceptors (Lipinski definition) is 4. The fourth-order valence-corrected chi connectivity index (χ4v) is 3.06. The first-order valence-corrected chi connectivity index (χ1v) is 9.20. The number of nitrogens with zero attached hydrogens (tertiary/aromatic N) is 2. The Balaban J connectivity index is 1.63. The molecule has 0 spiro atoms. The van der Waals surface area contributed by atoms with E-state index in [4.69, 9.17) is 4.42 Å². The number of rotatable bonds is 7. The Morgan fingerprint density at radius 1 is 1.17 bits per heavy atom. The second-order valence-electron chi connectivity index (χ2n) is 6.78. The van der Waals surface area contributed by atoms with Crippen molar-refractivity contribution in [2.45, 2.75) is 25.8 Å². The summed E-state index contributed by atoms with van der Waals surface area (Å²) in [6.07, 6.45) is 0.583. The number of aryl methyl sites for hydroxylation is 1. The van der Waals surface area contributed by atoms with Crippen LogP contribution in [-0.2, 0) is 11.2 Å². The molecule has 29 heavy (non-hydrogen) atoms. The zero-order chi connectivity index (χ0) is 21.0. The molecule has 0 radical (unpaired) electrons. The maximum atomic E-state index is 13.9. The fraction of sp³-hybridized carbons (Fsp3) is 0.227. The van der Waals surface area contributed by atoms with Gasteiger partial charge in [-0.25, -0.2) is 4.39 Å². The summed E-state index contributed by atoms with van der Waals surface area (Å²) in [7, 11) is 1.67. The number of furan rings is 1. The minimum Gasteiger partial charge on any atom is -0.461 e. The highest BCUT2D eigenvalue weighted by Crippen LogP contribution is 2.26. The van der Waals surface area contributed by atoms with Crippen LogP contribution in [0.15, 0.2) is 65.1 Å². The van der Waals surface area contributed by atoms with Crippen molar-refractivity contribution in [1.82, 2.24) is 4.90 Å². The molecule has 0 saturated carbocycles. The molecular formula is C22H21FN2O4. The van der Waals surface area contributed by atoms with Crippen molar-refractivity contribution in [3.8, 4) is 11.3 Å². The van der Waals surface area contributed by atoms with E-state index in [2.05, 4.69) is 0 Å². The normalized spacial score (nSPS) is 11.8. The molecule has 0 N–H and O–H groups in total. The molecule has 7 heteroatoms. The monoisotopic (exact) mass is 396 g/mol. The average Bonchev–Trinajstić information content (AvgIpc) is 3.20. The van der Waals surface area contributed by atoms with Gasteiger partial charge in [0.05, 0.1) is 16.5 Å². The summed E-state index contributed by atoms with van der Waals surface area (Å²) in [6, 6.07) is 15.7. The molecule has 6 nitrogen and oxygen atoms in total. The van der Waals surface area contributed by atoms with E-state index in [1.165, 1.54) is 18.2 Å². The zero-order valence-corrected chi connectivity index (χ0v) is 16.2. The van der Waals surface area contributed by atoms with E-state index in [9.17, 15) is 19.3 Å². The molecule has 0 aliphatic rings. The Hall–Kier alpha value is -3.48. The molecule has 1 unspecified atom stereocenters. The Labute approximate surface area is 167 Å². The van der Waals surface area contributed by atoms with Crippen LogP contribution < -0.4 is 0 Å². The van der Waals surface area contributed by atoms with Gasteiger partial charge in [0.25, 0.3) is 5.69 Å². The van der Waals surface area contributed by atoms with E-state index in [0.717, 1.165) is 0 Å². The number of non-ortho nitro benzene ring substituents is 1. The fourth-order valence-electron chi connectivity index (χ4n) is 3.06. The van der Waals surface area contributed by atoms with Crippen molar-refractivity contribution in [1.29, 1.82) is 0 Å². The van der Waals surface area contributed by atoms with Crippen LogP contribution in [0.2, 0.25) is 0 Å². The molecule has 0 aliphatic heterocycles. The summed E-state index contributed by atoms with van der Waals surface area (Å²) in [6.45, 7) is 1.82. The van der Waals surface area contributed by atoms with Crippen molar-refractivity contribution in [3.05, 3.63) is 87.9 Å². The predicted octanol–water partition coefficient (Wildman–Crippen LogP) is 5.15. The van der Waals surface area contributed by atoms with Gasteiger partial charge in [-0.05, 0) is 36.8 Å². The van der Waals surface area contributed by atoms with E-state index in [1.807, 2.05) is 6.92 Å². The highest BCUT2D eigenvalue weighted by Gasteiger charge is 2.20. The largest absolute Gasteiger partial charge is 0.461 e. The second-order valence-corrected chi connectivity index (χ2v) is 6.78. The first kappa shape index (κ1) is 20.3. The number of nitro benzene ring substituents is 1. The molecule has 2 aromatic carbocycles. The Kier molecular flexibility index (Phi) is 6.07. The first-order valence-electron chi connectivity index (χ1n) is 9.20. The lowest BCUT2D eigenvalue weighted by Crippen LogP contribution is -2.29. The number of carbonyl (C=O) groups excluding carboxylic acids is 1. The van der Waals surface area contributed by atoms with Gasteiger partial charge in [0.1, 0.15) is 17.3 Å². The van der Waals surface area contributed by atoms with E-state index in [0.29, 0.717) is 29.1 Å². The van der Waals surface area contributed by atoms with Crippen LogP contribution in [0.25, 0.3) is 11.3 Å². The van der Waals surface area contributed by atoms with Crippen LogP contribution in [0.5, 0.6) is 0 Å². The van der Waals surface area contributed by atoms with E-state index in [1.54, 1.807) is 54.4 Å². The molecule has 0 fully saturated rings. The molecule has 3 rings (SSSR count). The van der Waals surface area contributed by atoms with Crippen molar-refractivity contribution >= 4 is 11.6 Å². The quantitative estimate of drug-likeness (QED) is 0.409. The third-order valence-electron chi connectivity index (χ3n) is 4.92. The van der Waals surface area contributed by atoms with Crippen LogP contribution in [0.1, 0.15) is 30.7 Å². The van der Waals surface area contributed by atoms with E-state index >= 15 is 0 Å². The number of hydrogen-bond donors (Lipinski definition) is 0. The zero-order valence-electron chi connectivity index (χ0n) is 16.2. The van der Waals surface area contributed by atoms with Gasteiger partial charge >= 0.3 is 0 Å². The third kappa shape index (κ3) is 4.68. The van der Waals surface area contributed by atoms with Gasteiger partial charge < -0.3 is 9.32 Å². The average molecular weight is 396 g/mol. The highest BCUT2D eigenvalue weighted by atomic mass is 19.1. The minimum absolute atomic E-state index is 0.00791. The standard InChI is InChI=1S/C22H21FN2O4/c1-15(16-6-5-7-17(14-16)25(27)28)24(2)22(26)13-11-18-10-12-21(29-18)19-8-3-4-9-20(19)23/h3-10,12,14-15H,11,13H2,1-2H3. The molecule has 1 amide bonds. The van der Waals surface area contributed by atoms with E-state index < -0.39 is 4.92 Å². The Morgan fingerprint density at radius 3 is 2.66 bits per heavy atom. The smallest absolute Gasteiger partial charge is 0.269 e. The summed E-state index contributed by atoms with van der Waals surface area (Å²) in [5, 5.41) is 11.0. The molecule has 0 bridgehead atoms. The van der Waals surface area contributed by atoms with Crippen molar-refractivity contribution in [2.75, 3.05) is 7.05 Å². The molecule has 1 atom stereocenters. The maximum absolute atomic E-state index is 13.9. The van der Waals surface area contributed by atoms with Gasteiger partial charge in [-0.15, -0.1) is 0 Å². The Morgan fingerprint density at radius 2 is 1.93 bits per heavy atom.